The Hall–Kier alpha value is 0.394. The molecule has 2 atom stereocenters. The predicted octanol–water partition coefficient (Wildman–Crippen LogP) is 0.639. The van der Waals surface area contributed by atoms with Crippen LogP contribution in [0, 0.1) is 0 Å². The van der Waals surface area contributed by atoms with Crippen molar-refractivity contribution in [3.05, 3.63) is 0 Å². The van der Waals surface area contributed by atoms with Crippen LogP contribution in [-0.2, 0) is 0 Å². The molecule has 1 saturated heterocycles. The summed E-state index contributed by atoms with van der Waals surface area (Å²) in [6, 6.07) is 3.17. The zero-order valence-electron chi connectivity index (χ0n) is 6.02. The molecule has 0 spiro atoms. The molecule has 1 rings (SSSR count). The number of hydrogen-bond acceptors (Lipinski definition) is 1. The van der Waals surface area contributed by atoms with Gasteiger partial charge in [-0.05, 0) is 19.1 Å². The molecule has 2 unspecified atom stereocenters. The fourth-order valence-electron chi connectivity index (χ4n) is 1.32. The quantitative estimate of drug-likeness (QED) is 0.452. The molecule has 0 aromatic heterocycles. The van der Waals surface area contributed by atoms with Crippen LogP contribution in [0.25, 0.3) is 0 Å². The topological polar surface area (TPSA) is 3.24 Å². The van der Waals surface area contributed by atoms with E-state index in [-0.39, 0.29) is 17.9 Å². The van der Waals surface area contributed by atoms with E-state index in [1.807, 2.05) is 0 Å². The third-order valence-corrected chi connectivity index (χ3v) is 11.2. The highest BCUT2D eigenvalue weighted by molar-refractivity contribution is 6.76. The standard InChI is InChI=1S/C5H15NSi2/c1-6-7(2)4-5-8(6)3/h7-8H,4-5H2,1-3H3. The van der Waals surface area contributed by atoms with Crippen molar-refractivity contribution in [3.8, 4) is 0 Å². The van der Waals surface area contributed by atoms with Gasteiger partial charge < -0.3 is 4.23 Å². The molecule has 0 aromatic carbocycles. The molecule has 48 valence electrons. The van der Waals surface area contributed by atoms with Gasteiger partial charge in [-0.1, -0.05) is 13.1 Å². The normalized spacial score (nSPS) is 40.9. The number of hydrogen-bond donors (Lipinski definition) is 0. The fraction of sp³-hybridized carbons (Fsp3) is 1.00. The van der Waals surface area contributed by atoms with Crippen LogP contribution in [0.4, 0.5) is 0 Å². The van der Waals surface area contributed by atoms with Crippen LogP contribution in [-0.4, -0.2) is 29.2 Å². The van der Waals surface area contributed by atoms with Gasteiger partial charge in [-0.2, -0.15) is 0 Å². The van der Waals surface area contributed by atoms with Crippen molar-refractivity contribution in [2.24, 2.45) is 0 Å². The van der Waals surface area contributed by atoms with E-state index < -0.39 is 0 Å². The molecule has 1 aliphatic rings. The van der Waals surface area contributed by atoms with Gasteiger partial charge in [0.15, 0.2) is 0 Å². The first kappa shape index (κ1) is 6.51. The summed E-state index contributed by atoms with van der Waals surface area (Å²) < 4.78 is 2.72. The summed E-state index contributed by atoms with van der Waals surface area (Å²) in [6.07, 6.45) is 0. The smallest absolute Gasteiger partial charge is 0.101 e. The van der Waals surface area contributed by atoms with Gasteiger partial charge in [0.05, 0.1) is 0 Å². The van der Waals surface area contributed by atoms with E-state index in [1.165, 1.54) is 0 Å². The molecule has 0 saturated carbocycles. The molecule has 0 N–H and O–H groups in total. The second-order valence-electron chi connectivity index (χ2n) is 2.94. The largest absolute Gasteiger partial charge is 0.353 e. The first-order valence-corrected chi connectivity index (χ1v) is 8.41. The molecule has 1 nitrogen and oxygen atoms in total. The van der Waals surface area contributed by atoms with E-state index in [4.69, 9.17) is 0 Å². The Bertz CT molecular complexity index is 76.5. The lowest BCUT2D eigenvalue weighted by Gasteiger charge is -2.17. The molecule has 1 aliphatic heterocycles. The van der Waals surface area contributed by atoms with Crippen LogP contribution in [0.1, 0.15) is 0 Å². The zero-order chi connectivity index (χ0) is 6.15. The summed E-state index contributed by atoms with van der Waals surface area (Å²) in [5.41, 5.74) is 0. The highest BCUT2D eigenvalue weighted by Crippen LogP contribution is 2.17. The van der Waals surface area contributed by atoms with Gasteiger partial charge in [-0.3, -0.25) is 0 Å². The van der Waals surface area contributed by atoms with Gasteiger partial charge in [0.2, 0.25) is 0 Å². The molecule has 0 aromatic rings. The highest BCUT2D eigenvalue weighted by atomic mass is 28.4. The van der Waals surface area contributed by atoms with Crippen LogP contribution in [0.2, 0.25) is 25.2 Å². The Kier molecular flexibility index (Phi) is 1.90. The summed E-state index contributed by atoms with van der Waals surface area (Å²) >= 11 is 0. The Morgan fingerprint density at radius 3 is 1.62 bits per heavy atom. The summed E-state index contributed by atoms with van der Waals surface area (Å²) in [6.45, 7) is 4.94. The fourth-order valence-corrected chi connectivity index (χ4v) is 10.4. The minimum Gasteiger partial charge on any atom is -0.353 e. The Morgan fingerprint density at radius 1 is 1.12 bits per heavy atom. The van der Waals surface area contributed by atoms with E-state index in [1.54, 1.807) is 12.1 Å². The lowest BCUT2D eigenvalue weighted by Crippen LogP contribution is -2.34. The van der Waals surface area contributed by atoms with Crippen molar-refractivity contribution in [3.63, 3.8) is 0 Å². The molecular weight excluding hydrogens is 130 g/mol. The summed E-state index contributed by atoms with van der Waals surface area (Å²) in [4.78, 5) is 0. The maximum atomic E-state index is 2.72. The van der Waals surface area contributed by atoms with Crippen LogP contribution in [0.15, 0.2) is 0 Å². The van der Waals surface area contributed by atoms with Gasteiger partial charge >= 0.3 is 0 Å². The summed E-state index contributed by atoms with van der Waals surface area (Å²) in [7, 11) is 1.72. The van der Waals surface area contributed by atoms with E-state index in [9.17, 15) is 0 Å². The summed E-state index contributed by atoms with van der Waals surface area (Å²) in [5.74, 6) is 0. The maximum absolute atomic E-state index is 2.72. The van der Waals surface area contributed by atoms with Gasteiger partial charge in [0.25, 0.3) is 0 Å². The average Bonchev–Trinajstić information content (AvgIpc) is 1.98. The monoisotopic (exact) mass is 145 g/mol. The molecule has 1 heterocycles. The molecule has 0 amide bonds. The van der Waals surface area contributed by atoms with Crippen LogP contribution >= 0.6 is 0 Å². The minimum atomic E-state index is -0.306. The lowest BCUT2D eigenvalue weighted by molar-refractivity contribution is 0.826. The first-order chi connectivity index (χ1) is 3.72. The molecule has 0 bridgehead atoms. The summed E-state index contributed by atoms with van der Waals surface area (Å²) in [5, 5.41) is 0. The molecule has 0 radical (unpaired) electrons. The van der Waals surface area contributed by atoms with Gasteiger partial charge in [0.1, 0.15) is 17.9 Å². The molecule has 0 aliphatic carbocycles. The third kappa shape index (κ3) is 1.04. The Balaban J connectivity index is 2.44. The number of nitrogens with zero attached hydrogens (tertiary/aromatic N) is 1. The van der Waals surface area contributed by atoms with E-state index in [0.29, 0.717) is 0 Å². The first-order valence-electron chi connectivity index (χ1n) is 3.43. The van der Waals surface area contributed by atoms with Crippen LogP contribution < -0.4 is 0 Å². The maximum Gasteiger partial charge on any atom is 0.101 e. The lowest BCUT2D eigenvalue weighted by atomic mass is 10.9. The van der Waals surface area contributed by atoms with E-state index in [2.05, 4.69) is 24.4 Å². The van der Waals surface area contributed by atoms with Crippen LogP contribution in [0.3, 0.4) is 0 Å². The van der Waals surface area contributed by atoms with Crippen molar-refractivity contribution in [2.45, 2.75) is 25.2 Å². The van der Waals surface area contributed by atoms with E-state index >= 15 is 0 Å². The average molecular weight is 145 g/mol. The Morgan fingerprint density at radius 2 is 1.50 bits per heavy atom. The molecule has 3 heteroatoms. The highest BCUT2D eigenvalue weighted by Gasteiger charge is 2.24. The van der Waals surface area contributed by atoms with E-state index in [0.717, 1.165) is 0 Å². The van der Waals surface area contributed by atoms with Crippen molar-refractivity contribution >= 4 is 17.9 Å². The number of rotatable bonds is 0. The van der Waals surface area contributed by atoms with Crippen molar-refractivity contribution in [1.29, 1.82) is 0 Å². The minimum absolute atomic E-state index is 0.306. The Labute approximate surface area is 55.1 Å². The van der Waals surface area contributed by atoms with Gasteiger partial charge in [0, 0.05) is 0 Å². The van der Waals surface area contributed by atoms with Crippen LogP contribution in [0.5, 0.6) is 0 Å². The van der Waals surface area contributed by atoms with Crippen molar-refractivity contribution in [1.82, 2.24) is 4.23 Å². The molecular formula is C5H15NSi2. The second kappa shape index (κ2) is 2.33. The van der Waals surface area contributed by atoms with Gasteiger partial charge in [-0.25, -0.2) is 0 Å². The zero-order valence-corrected chi connectivity index (χ0v) is 8.33. The second-order valence-corrected chi connectivity index (χ2v) is 9.72. The van der Waals surface area contributed by atoms with Crippen molar-refractivity contribution in [2.75, 3.05) is 7.05 Å². The predicted molar refractivity (Wildman–Crippen MR) is 43.4 cm³/mol. The third-order valence-electron chi connectivity index (χ3n) is 2.39. The SMILES string of the molecule is CN1[SiH](C)CC[SiH]1C. The molecule has 1 fully saturated rings. The van der Waals surface area contributed by atoms with Gasteiger partial charge in [-0.15, -0.1) is 0 Å². The molecule has 8 heavy (non-hydrogen) atoms. The van der Waals surface area contributed by atoms with Crippen molar-refractivity contribution < 1.29 is 0 Å².